The van der Waals surface area contributed by atoms with Crippen LogP contribution in [0.1, 0.15) is 28.8 Å². The van der Waals surface area contributed by atoms with Gasteiger partial charge in [0.25, 0.3) is 0 Å². The lowest BCUT2D eigenvalue weighted by Crippen LogP contribution is -2.11. The van der Waals surface area contributed by atoms with Crippen molar-refractivity contribution in [2.45, 2.75) is 33.1 Å². The summed E-state index contributed by atoms with van der Waals surface area (Å²) in [6.07, 6.45) is 2.43. The van der Waals surface area contributed by atoms with Gasteiger partial charge in [0.15, 0.2) is 0 Å². The number of nitrogens with one attached hydrogen (secondary N) is 1. The number of halogens is 1. The highest BCUT2D eigenvalue weighted by molar-refractivity contribution is 9.10. The smallest absolute Gasteiger partial charge is 0.224 e. The molecule has 1 amide bonds. The summed E-state index contributed by atoms with van der Waals surface area (Å²) < 4.78 is 1.10. The van der Waals surface area contributed by atoms with Crippen molar-refractivity contribution in [3.63, 3.8) is 0 Å². The third-order valence-electron chi connectivity index (χ3n) is 3.13. The van der Waals surface area contributed by atoms with Crippen LogP contribution in [0.2, 0.25) is 0 Å². The van der Waals surface area contributed by atoms with Crippen LogP contribution in [-0.4, -0.2) is 5.91 Å². The highest BCUT2D eigenvalue weighted by Gasteiger charge is 2.06. The number of amides is 1. The van der Waals surface area contributed by atoms with Crippen LogP contribution in [0.3, 0.4) is 0 Å². The first-order valence-electron chi connectivity index (χ1n) is 6.65. The number of carbonyl (C=O) groups is 1. The molecule has 0 atom stereocenters. The Bertz CT molecular complexity index is 570. The van der Waals surface area contributed by atoms with Gasteiger partial charge in [0.05, 0.1) is 0 Å². The zero-order valence-corrected chi connectivity index (χ0v) is 14.1. The molecular formula is C16H18BrNOS. The summed E-state index contributed by atoms with van der Waals surface area (Å²) in [5.74, 6) is 0.0858. The van der Waals surface area contributed by atoms with Crippen LogP contribution >= 0.6 is 27.3 Å². The van der Waals surface area contributed by atoms with Crippen molar-refractivity contribution in [3.8, 4) is 0 Å². The molecule has 2 aromatic rings. The van der Waals surface area contributed by atoms with E-state index in [9.17, 15) is 4.79 Å². The summed E-state index contributed by atoms with van der Waals surface area (Å²) in [6.45, 7) is 4.06. The third-order valence-corrected chi connectivity index (χ3v) is 5.31. The Balaban J connectivity index is 1.85. The monoisotopic (exact) mass is 351 g/mol. The van der Waals surface area contributed by atoms with Gasteiger partial charge >= 0.3 is 0 Å². The van der Waals surface area contributed by atoms with E-state index < -0.39 is 0 Å². The van der Waals surface area contributed by atoms with Crippen molar-refractivity contribution < 1.29 is 4.79 Å². The van der Waals surface area contributed by atoms with Crippen molar-refractivity contribution in [2.75, 3.05) is 5.32 Å². The molecular weight excluding hydrogens is 334 g/mol. The van der Waals surface area contributed by atoms with E-state index in [4.69, 9.17) is 0 Å². The fourth-order valence-corrected chi connectivity index (χ4v) is 3.10. The average molecular weight is 352 g/mol. The van der Waals surface area contributed by atoms with Crippen molar-refractivity contribution in [2.24, 2.45) is 0 Å². The Hall–Kier alpha value is -1.13. The summed E-state index contributed by atoms with van der Waals surface area (Å²) in [6, 6.07) is 8.15. The Labute approximate surface area is 132 Å². The molecule has 1 aromatic carbocycles. The number of carbonyl (C=O) groups excluding carboxylic acids is 1. The molecule has 0 spiro atoms. The molecule has 106 valence electrons. The second-order valence-corrected chi connectivity index (χ2v) is 6.73. The van der Waals surface area contributed by atoms with E-state index >= 15 is 0 Å². The molecule has 0 fully saturated rings. The molecule has 1 N–H and O–H groups in total. The van der Waals surface area contributed by atoms with E-state index in [1.54, 1.807) is 11.3 Å². The first-order chi connectivity index (χ1) is 9.56. The molecule has 0 saturated heterocycles. The number of benzene rings is 1. The minimum Gasteiger partial charge on any atom is -0.326 e. The van der Waals surface area contributed by atoms with Gasteiger partial charge in [-0.3, -0.25) is 4.79 Å². The van der Waals surface area contributed by atoms with E-state index in [2.05, 4.69) is 32.7 Å². The fraction of sp³-hybridized carbons (Fsp3) is 0.312. The molecule has 1 aromatic heterocycles. The molecule has 2 rings (SSSR count). The average Bonchev–Trinajstić information content (AvgIpc) is 2.89. The molecule has 0 radical (unpaired) electrons. The minimum atomic E-state index is 0.0858. The zero-order valence-electron chi connectivity index (χ0n) is 11.7. The molecule has 0 bridgehead atoms. The Morgan fingerprint density at radius 1 is 1.30 bits per heavy atom. The quantitative estimate of drug-likeness (QED) is 0.798. The number of thiophene rings is 1. The highest BCUT2D eigenvalue weighted by Crippen LogP contribution is 2.25. The van der Waals surface area contributed by atoms with E-state index in [0.717, 1.165) is 34.1 Å². The van der Waals surface area contributed by atoms with E-state index in [1.807, 2.05) is 32.0 Å². The van der Waals surface area contributed by atoms with Crippen LogP contribution < -0.4 is 5.32 Å². The highest BCUT2D eigenvalue weighted by atomic mass is 79.9. The lowest BCUT2D eigenvalue weighted by molar-refractivity contribution is -0.116. The van der Waals surface area contributed by atoms with Crippen LogP contribution in [0.4, 0.5) is 5.69 Å². The molecule has 2 nitrogen and oxygen atoms in total. The summed E-state index contributed by atoms with van der Waals surface area (Å²) in [5, 5.41) is 5.05. The van der Waals surface area contributed by atoms with Crippen LogP contribution in [-0.2, 0) is 11.2 Å². The summed E-state index contributed by atoms with van der Waals surface area (Å²) in [7, 11) is 0. The molecule has 0 aliphatic carbocycles. The Morgan fingerprint density at radius 2 is 2.00 bits per heavy atom. The first-order valence-corrected chi connectivity index (χ1v) is 8.32. The number of anilines is 1. The van der Waals surface area contributed by atoms with Crippen LogP contribution in [0, 0.1) is 13.8 Å². The van der Waals surface area contributed by atoms with Crippen LogP contribution in [0.5, 0.6) is 0 Å². The number of hydrogen-bond acceptors (Lipinski definition) is 2. The maximum Gasteiger partial charge on any atom is 0.224 e. The third kappa shape index (κ3) is 4.18. The molecule has 4 heteroatoms. The van der Waals surface area contributed by atoms with Gasteiger partial charge in [-0.05, 0) is 61.4 Å². The van der Waals surface area contributed by atoms with Crippen LogP contribution in [0.15, 0.2) is 34.1 Å². The van der Waals surface area contributed by atoms with Crippen molar-refractivity contribution in [3.05, 3.63) is 50.1 Å². The fourth-order valence-electron chi connectivity index (χ4n) is 2.12. The molecule has 0 aliphatic rings. The number of hydrogen-bond donors (Lipinski definition) is 1. The lowest BCUT2D eigenvalue weighted by Gasteiger charge is -2.09. The van der Waals surface area contributed by atoms with Crippen LogP contribution in [0.25, 0.3) is 0 Å². The molecule has 0 saturated carbocycles. The minimum absolute atomic E-state index is 0.0858. The van der Waals surface area contributed by atoms with Gasteiger partial charge in [-0.25, -0.2) is 0 Å². The van der Waals surface area contributed by atoms with Gasteiger partial charge in [-0.2, -0.15) is 0 Å². The predicted octanol–water partition coefficient (Wildman–Crippen LogP) is 5.09. The summed E-state index contributed by atoms with van der Waals surface area (Å²) in [5.41, 5.74) is 3.15. The van der Waals surface area contributed by atoms with Gasteiger partial charge in [-0.15, -0.1) is 11.3 Å². The lowest BCUT2D eigenvalue weighted by atomic mass is 10.1. The van der Waals surface area contributed by atoms with Gasteiger partial charge in [0, 0.05) is 21.5 Å². The molecule has 20 heavy (non-hydrogen) atoms. The van der Waals surface area contributed by atoms with E-state index in [-0.39, 0.29) is 5.91 Å². The molecule has 0 unspecified atom stereocenters. The molecule has 0 aliphatic heterocycles. The maximum atomic E-state index is 11.9. The Morgan fingerprint density at radius 3 is 2.60 bits per heavy atom. The van der Waals surface area contributed by atoms with Crippen molar-refractivity contribution in [1.82, 2.24) is 0 Å². The SMILES string of the molecule is Cc1cc(NC(=O)CCCc2cccs2)cc(C)c1Br. The van der Waals surface area contributed by atoms with E-state index in [1.165, 1.54) is 4.88 Å². The second kappa shape index (κ2) is 7.04. The number of rotatable bonds is 5. The van der Waals surface area contributed by atoms with Crippen molar-refractivity contribution in [1.29, 1.82) is 0 Å². The largest absolute Gasteiger partial charge is 0.326 e. The standard InChI is InChI=1S/C16H18BrNOS/c1-11-9-13(10-12(2)16(11)17)18-15(19)7-3-5-14-6-4-8-20-14/h4,6,8-10H,3,5,7H2,1-2H3,(H,18,19). The topological polar surface area (TPSA) is 29.1 Å². The van der Waals surface area contributed by atoms with Gasteiger partial charge in [-0.1, -0.05) is 22.0 Å². The second-order valence-electron chi connectivity index (χ2n) is 4.91. The van der Waals surface area contributed by atoms with Gasteiger partial charge in [0.1, 0.15) is 0 Å². The number of aryl methyl sites for hydroxylation is 3. The Kier molecular flexibility index (Phi) is 5.38. The maximum absolute atomic E-state index is 11.9. The molecule has 1 heterocycles. The van der Waals surface area contributed by atoms with Gasteiger partial charge < -0.3 is 5.32 Å². The van der Waals surface area contributed by atoms with Crippen molar-refractivity contribution >= 4 is 38.9 Å². The predicted molar refractivity (Wildman–Crippen MR) is 89.5 cm³/mol. The first kappa shape index (κ1) is 15.3. The normalized spacial score (nSPS) is 10.6. The van der Waals surface area contributed by atoms with Gasteiger partial charge in [0.2, 0.25) is 5.91 Å². The van der Waals surface area contributed by atoms with E-state index in [0.29, 0.717) is 6.42 Å². The zero-order chi connectivity index (χ0) is 14.5. The summed E-state index contributed by atoms with van der Waals surface area (Å²) >= 11 is 5.28. The summed E-state index contributed by atoms with van der Waals surface area (Å²) in [4.78, 5) is 13.3.